The van der Waals surface area contributed by atoms with Gasteiger partial charge in [-0.15, -0.1) is 0 Å². The van der Waals surface area contributed by atoms with Crippen LogP contribution >= 0.6 is 0 Å². The molecule has 0 spiro atoms. The minimum atomic E-state index is -0.549. The van der Waals surface area contributed by atoms with Crippen LogP contribution in [0, 0.1) is 11.8 Å². The fourth-order valence-corrected chi connectivity index (χ4v) is 4.61. The van der Waals surface area contributed by atoms with Gasteiger partial charge < -0.3 is 23.5 Å². The average Bonchev–Trinajstić information content (AvgIpc) is 3.02. The molecule has 2 heterocycles. The summed E-state index contributed by atoms with van der Waals surface area (Å²) in [6.45, 7) is 9.46. The van der Waals surface area contributed by atoms with E-state index < -0.39 is 11.9 Å². The number of hydrogen-bond donors (Lipinski definition) is 0. The fraction of sp³-hybridized carbons (Fsp3) is 0.571. The van der Waals surface area contributed by atoms with E-state index in [0.29, 0.717) is 19.1 Å². The van der Waals surface area contributed by atoms with Gasteiger partial charge >= 0.3 is 11.9 Å². The van der Waals surface area contributed by atoms with Gasteiger partial charge in [-0.25, -0.2) is 9.59 Å². The minimum Gasteiger partial charge on any atom is -0.487 e. The predicted octanol–water partition coefficient (Wildman–Crippen LogP) is 5.88. The number of carbonyl (C=O) groups is 2. The molecule has 1 aliphatic rings. The van der Waals surface area contributed by atoms with Gasteiger partial charge in [0.25, 0.3) is 0 Å². The van der Waals surface area contributed by atoms with Crippen LogP contribution in [0.4, 0.5) is 0 Å². The molecular formula is C28H39NO6. The minimum absolute atomic E-state index is 0.164. The van der Waals surface area contributed by atoms with Crippen molar-refractivity contribution in [1.82, 2.24) is 4.57 Å². The number of benzene rings is 1. The number of nitrogens with zero attached hydrogens (tertiary/aromatic N) is 1. The SMILES string of the molecule is CCCCC(CC)CC1COc2c(c(C(=O)OCC)n(Cc3ccccc3)c2C(=O)OCC)OC1. The smallest absolute Gasteiger partial charge is 0.359 e. The second kappa shape index (κ2) is 13.2. The van der Waals surface area contributed by atoms with Crippen LogP contribution in [0.15, 0.2) is 30.3 Å². The van der Waals surface area contributed by atoms with Crippen LogP contribution in [0.5, 0.6) is 11.5 Å². The van der Waals surface area contributed by atoms with Crippen molar-refractivity contribution in [2.75, 3.05) is 26.4 Å². The number of ether oxygens (including phenoxy) is 4. The summed E-state index contributed by atoms with van der Waals surface area (Å²) in [6.07, 6.45) is 5.65. The number of aromatic nitrogens is 1. The van der Waals surface area contributed by atoms with Crippen LogP contribution < -0.4 is 9.47 Å². The van der Waals surface area contributed by atoms with Gasteiger partial charge in [-0.2, -0.15) is 0 Å². The van der Waals surface area contributed by atoms with E-state index in [4.69, 9.17) is 18.9 Å². The molecule has 192 valence electrons. The van der Waals surface area contributed by atoms with E-state index in [9.17, 15) is 9.59 Å². The quantitative estimate of drug-likeness (QED) is 0.349. The Hall–Kier alpha value is -2.96. The van der Waals surface area contributed by atoms with Crippen molar-refractivity contribution in [2.45, 2.75) is 66.3 Å². The molecule has 1 aromatic carbocycles. The standard InChI is InChI=1S/C28H39NO6/c1-5-9-13-20(6-2)16-22-18-34-25-23(27(30)32-7-3)29(17-21-14-11-10-12-15-21)24(26(25)35-19-22)28(31)33-8-4/h10-12,14-15,20,22H,5-9,13,16-19H2,1-4H3. The van der Waals surface area contributed by atoms with Crippen LogP contribution in [-0.4, -0.2) is 42.9 Å². The molecule has 0 radical (unpaired) electrons. The number of esters is 2. The van der Waals surface area contributed by atoms with Gasteiger partial charge in [0.2, 0.25) is 0 Å². The zero-order valence-electron chi connectivity index (χ0n) is 21.5. The topological polar surface area (TPSA) is 76.0 Å². The Balaban J connectivity index is 2.00. The Morgan fingerprint density at radius 1 is 0.943 bits per heavy atom. The first-order chi connectivity index (χ1) is 17.0. The zero-order chi connectivity index (χ0) is 25.2. The van der Waals surface area contributed by atoms with Crippen LogP contribution in [0.2, 0.25) is 0 Å². The van der Waals surface area contributed by atoms with E-state index in [1.165, 1.54) is 19.3 Å². The van der Waals surface area contributed by atoms with Crippen LogP contribution in [0.3, 0.4) is 0 Å². The predicted molar refractivity (Wildman–Crippen MR) is 134 cm³/mol. The summed E-state index contributed by atoms with van der Waals surface area (Å²) >= 11 is 0. The van der Waals surface area contributed by atoms with Gasteiger partial charge in [0, 0.05) is 12.5 Å². The molecule has 7 nitrogen and oxygen atoms in total. The summed E-state index contributed by atoms with van der Waals surface area (Å²) in [5.74, 6) is 0.199. The van der Waals surface area contributed by atoms with Gasteiger partial charge in [0.1, 0.15) is 0 Å². The Morgan fingerprint density at radius 2 is 1.51 bits per heavy atom. The van der Waals surface area contributed by atoms with Gasteiger partial charge in [0.05, 0.1) is 26.4 Å². The molecule has 35 heavy (non-hydrogen) atoms. The molecular weight excluding hydrogens is 446 g/mol. The van der Waals surface area contributed by atoms with Crippen molar-refractivity contribution < 1.29 is 28.5 Å². The van der Waals surface area contributed by atoms with E-state index in [0.717, 1.165) is 18.4 Å². The summed E-state index contributed by atoms with van der Waals surface area (Å²) in [4.78, 5) is 26.3. The highest BCUT2D eigenvalue weighted by Crippen LogP contribution is 2.42. The molecule has 0 bridgehead atoms. The second-order valence-electron chi connectivity index (χ2n) is 9.01. The first-order valence-corrected chi connectivity index (χ1v) is 12.9. The first-order valence-electron chi connectivity index (χ1n) is 12.9. The number of carbonyl (C=O) groups excluding carboxylic acids is 2. The lowest BCUT2D eigenvalue weighted by Crippen LogP contribution is -2.23. The van der Waals surface area contributed by atoms with Gasteiger partial charge in [-0.3, -0.25) is 0 Å². The molecule has 3 rings (SSSR count). The van der Waals surface area contributed by atoms with Crippen molar-refractivity contribution in [3.05, 3.63) is 47.3 Å². The second-order valence-corrected chi connectivity index (χ2v) is 9.01. The maximum absolute atomic E-state index is 13.1. The van der Waals surface area contributed by atoms with E-state index in [1.54, 1.807) is 18.4 Å². The Bertz CT molecular complexity index is 920. The summed E-state index contributed by atoms with van der Waals surface area (Å²) in [6, 6.07) is 9.63. The van der Waals surface area contributed by atoms with Crippen molar-refractivity contribution in [2.24, 2.45) is 11.8 Å². The summed E-state index contributed by atoms with van der Waals surface area (Å²) in [5, 5.41) is 0. The number of fused-ring (bicyclic) bond motifs is 1. The molecule has 1 atom stereocenters. The normalized spacial score (nSPS) is 14.3. The number of hydrogen-bond acceptors (Lipinski definition) is 6. The molecule has 0 fully saturated rings. The molecule has 0 saturated heterocycles. The van der Waals surface area contributed by atoms with Gasteiger partial charge in [-0.05, 0) is 31.7 Å². The molecule has 0 N–H and O–H groups in total. The number of unbranched alkanes of at least 4 members (excludes halogenated alkanes) is 1. The van der Waals surface area contributed by atoms with Crippen molar-refractivity contribution in [1.29, 1.82) is 0 Å². The van der Waals surface area contributed by atoms with Crippen molar-refractivity contribution >= 4 is 11.9 Å². The monoisotopic (exact) mass is 485 g/mol. The van der Waals surface area contributed by atoms with Gasteiger partial charge in [0.15, 0.2) is 22.9 Å². The lowest BCUT2D eigenvalue weighted by atomic mass is 9.89. The third kappa shape index (κ3) is 6.59. The van der Waals surface area contributed by atoms with E-state index in [2.05, 4.69) is 13.8 Å². The first kappa shape index (κ1) is 26.6. The molecule has 7 heteroatoms. The Labute approximate surface area is 208 Å². The third-order valence-electron chi connectivity index (χ3n) is 6.43. The lowest BCUT2D eigenvalue weighted by Gasteiger charge is -2.21. The molecule has 1 aromatic heterocycles. The Kier molecular flexibility index (Phi) is 10.1. The van der Waals surface area contributed by atoms with Crippen LogP contribution in [0.25, 0.3) is 0 Å². The van der Waals surface area contributed by atoms with Crippen LogP contribution in [0.1, 0.15) is 86.3 Å². The van der Waals surface area contributed by atoms with Crippen molar-refractivity contribution in [3.8, 4) is 11.5 Å². The maximum Gasteiger partial charge on any atom is 0.359 e. The maximum atomic E-state index is 13.1. The van der Waals surface area contributed by atoms with E-state index in [1.807, 2.05) is 30.3 Å². The molecule has 1 aliphatic heterocycles. The van der Waals surface area contributed by atoms with E-state index in [-0.39, 0.29) is 48.6 Å². The zero-order valence-corrected chi connectivity index (χ0v) is 21.5. The number of rotatable bonds is 12. The third-order valence-corrected chi connectivity index (χ3v) is 6.43. The van der Waals surface area contributed by atoms with E-state index >= 15 is 0 Å². The summed E-state index contributed by atoms with van der Waals surface area (Å²) in [5.41, 5.74) is 1.30. The fourth-order valence-electron chi connectivity index (χ4n) is 4.61. The molecule has 0 amide bonds. The van der Waals surface area contributed by atoms with Crippen molar-refractivity contribution in [3.63, 3.8) is 0 Å². The highest BCUT2D eigenvalue weighted by atomic mass is 16.6. The van der Waals surface area contributed by atoms with Gasteiger partial charge in [-0.1, -0.05) is 69.9 Å². The summed E-state index contributed by atoms with van der Waals surface area (Å²) < 4.78 is 24.8. The molecule has 1 unspecified atom stereocenters. The largest absolute Gasteiger partial charge is 0.487 e. The van der Waals surface area contributed by atoms with Crippen LogP contribution in [-0.2, 0) is 16.0 Å². The molecule has 0 aliphatic carbocycles. The lowest BCUT2D eigenvalue weighted by molar-refractivity contribution is 0.0498. The highest BCUT2D eigenvalue weighted by molar-refractivity contribution is 6.00. The average molecular weight is 486 g/mol. The molecule has 0 saturated carbocycles. The Morgan fingerprint density at radius 3 is 2.00 bits per heavy atom. The highest BCUT2D eigenvalue weighted by Gasteiger charge is 2.37. The summed E-state index contributed by atoms with van der Waals surface area (Å²) in [7, 11) is 0. The molecule has 2 aromatic rings.